The fourth-order valence-electron chi connectivity index (χ4n) is 2.47. The molecule has 1 unspecified atom stereocenters. The van der Waals surface area contributed by atoms with Crippen LogP contribution in [0.15, 0.2) is 18.2 Å². The van der Waals surface area contributed by atoms with Crippen molar-refractivity contribution in [1.29, 1.82) is 0 Å². The first-order valence-corrected chi connectivity index (χ1v) is 7.13. The van der Waals surface area contributed by atoms with Crippen molar-refractivity contribution in [3.63, 3.8) is 0 Å². The molecule has 0 aromatic heterocycles. The Labute approximate surface area is 120 Å². The standard InChI is InChI=1S/C16H25NO3/c1-4-8-16(3,15(19)20-5-2)14-7-6-12(10-17)13(9-14)11-18/h6-7,9,18H,4-5,8,10-11,17H2,1-3H3. The number of hydrogen-bond acceptors (Lipinski definition) is 4. The lowest BCUT2D eigenvalue weighted by molar-refractivity contribution is -0.149. The summed E-state index contributed by atoms with van der Waals surface area (Å²) in [5.41, 5.74) is 7.52. The molecule has 0 aliphatic carbocycles. The van der Waals surface area contributed by atoms with Crippen LogP contribution in [0.1, 0.15) is 50.3 Å². The molecule has 0 amide bonds. The van der Waals surface area contributed by atoms with Gasteiger partial charge >= 0.3 is 5.97 Å². The van der Waals surface area contributed by atoms with E-state index in [0.717, 1.165) is 23.1 Å². The summed E-state index contributed by atoms with van der Waals surface area (Å²) in [5.74, 6) is -0.216. The zero-order valence-corrected chi connectivity index (χ0v) is 12.6. The SMILES string of the molecule is CCCC(C)(C(=O)OCC)c1ccc(CN)c(CO)c1. The van der Waals surface area contributed by atoms with Crippen molar-refractivity contribution in [1.82, 2.24) is 0 Å². The molecule has 4 heteroatoms. The summed E-state index contributed by atoms with van der Waals surface area (Å²) < 4.78 is 5.22. The summed E-state index contributed by atoms with van der Waals surface area (Å²) in [6.45, 7) is 6.41. The van der Waals surface area contributed by atoms with Crippen molar-refractivity contribution in [2.24, 2.45) is 5.73 Å². The highest BCUT2D eigenvalue weighted by Crippen LogP contribution is 2.32. The molecule has 1 atom stereocenters. The molecular formula is C16H25NO3. The van der Waals surface area contributed by atoms with E-state index in [1.807, 2.05) is 32.0 Å². The van der Waals surface area contributed by atoms with Crippen molar-refractivity contribution in [2.75, 3.05) is 6.61 Å². The van der Waals surface area contributed by atoms with Crippen LogP contribution in [0.3, 0.4) is 0 Å². The van der Waals surface area contributed by atoms with E-state index in [-0.39, 0.29) is 12.6 Å². The summed E-state index contributed by atoms with van der Waals surface area (Å²) in [6.07, 6.45) is 1.58. The lowest BCUT2D eigenvalue weighted by Gasteiger charge is -2.28. The van der Waals surface area contributed by atoms with Gasteiger partial charge in [0.15, 0.2) is 0 Å². The largest absolute Gasteiger partial charge is 0.465 e. The molecule has 112 valence electrons. The van der Waals surface area contributed by atoms with Crippen LogP contribution in [0.4, 0.5) is 0 Å². The molecule has 3 N–H and O–H groups in total. The average Bonchev–Trinajstić information content (AvgIpc) is 2.46. The van der Waals surface area contributed by atoms with E-state index in [0.29, 0.717) is 19.6 Å². The van der Waals surface area contributed by atoms with Crippen LogP contribution in [0, 0.1) is 0 Å². The second-order valence-corrected chi connectivity index (χ2v) is 5.15. The Balaban J connectivity index is 3.24. The molecule has 0 aliphatic heterocycles. The van der Waals surface area contributed by atoms with E-state index in [2.05, 4.69) is 0 Å². The highest BCUT2D eigenvalue weighted by Gasteiger charge is 2.36. The summed E-state index contributed by atoms with van der Waals surface area (Å²) in [5, 5.41) is 9.44. The lowest BCUT2D eigenvalue weighted by atomic mass is 9.77. The molecule has 0 fully saturated rings. The first-order valence-electron chi connectivity index (χ1n) is 7.13. The number of carbonyl (C=O) groups excluding carboxylic acids is 1. The molecule has 0 heterocycles. The third kappa shape index (κ3) is 3.38. The van der Waals surface area contributed by atoms with Gasteiger partial charge in [-0.05, 0) is 37.0 Å². The quantitative estimate of drug-likeness (QED) is 0.751. The first-order chi connectivity index (χ1) is 9.53. The summed E-state index contributed by atoms with van der Waals surface area (Å²) >= 11 is 0. The molecule has 1 aromatic rings. The Morgan fingerprint density at radius 2 is 2.05 bits per heavy atom. The molecule has 4 nitrogen and oxygen atoms in total. The topological polar surface area (TPSA) is 72.5 Å². The molecule has 20 heavy (non-hydrogen) atoms. The van der Waals surface area contributed by atoms with Gasteiger partial charge in [0.1, 0.15) is 0 Å². The van der Waals surface area contributed by atoms with Crippen molar-refractivity contribution in [3.05, 3.63) is 34.9 Å². The predicted molar refractivity (Wildman–Crippen MR) is 79.1 cm³/mol. The Bertz CT molecular complexity index is 459. The molecule has 0 saturated carbocycles. The number of aliphatic hydroxyl groups is 1. The first kappa shape index (κ1) is 16.7. The maximum absolute atomic E-state index is 12.3. The minimum atomic E-state index is -0.679. The maximum Gasteiger partial charge on any atom is 0.316 e. The van der Waals surface area contributed by atoms with E-state index in [1.165, 1.54) is 0 Å². The molecule has 0 radical (unpaired) electrons. The molecule has 0 saturated heterocycles. The summed E-state index contributed by atoms with van der Waals surface area (Å²) in [7, 11) is 0. The van der Waals surface area contributed by atoms with Crippen molar-refractivity contribution >= 4 is 5.97 Å². The summed E-state index contributed by atoms with van der Waals surface area (Å²) in [4.78, 5) is 12.3. The number of ether oxygens (including phenoxy) is 1. The zero-order chi connectivity index (χ0) is 15.2. The lowest BCUT2D eigenvalue weighted by Crippen LogP contribution is -2.34. The second kappa shape index (κ2) is 7.41. The number of nitrogens with two attached hydrogens (primary N) is 1. The van der Waals surface area contributed by atoms with Gasteiger partial charge in [0, 0.05) is 6.54 Å². The number of aliphatic hydroxyl groups excluding tert-OH is 1. The molecule has 0 bridgehead atoms. The smallest absolute Gasteiger partial charge is 0.316 e. The van der Waals surface area contributed by atoms with Gasteiger partial charge in [0.2, 0.25) is 0 Å². The van der Waals surface area contributed by atoms with Crippen LogP contribution < -0.4 is 5.73 Å². The number of hydrogen-bond donors (Lipinski definition) is 2. The van der Waals surface area contributed by atoms with Gasteiger partial charge in [0.25, 0.3) is 0 Å². The van der Waals surface area contributed by atoms with Gasteiger partial charge in [-0.3, -0.25) is 4.79 Å². The van der Waals surface area contributed by atoms with Gasteiger partial charge in [-0.1, -0.05) is 31.5 Å². The van der Waals surface area contributed by atoms with E-state index in [1.54, 1.807) is 6.92 Å². The third-order valence-corrected chi connectivity index (χ3v) is 3.71. The van der Waals surface area contributed by atoms with Crippen molar-refractivity contribution in [3.8, 4) is 0 Å². The molecular weight excluding hydrogens is 254 g/mol. The van der Waals surface area contributed by atoms with Gasteiger partial charge in [0.05, 0.1) is 18.6 Å². The van der Waals surface area contributed by atoms with Gasteiger partial charge < -0.3 is 15.6 Å². The Hall–Kier alpha value is -1.39. The Kier molecular flexibility index (Phi) is 6.17. The number of benzene rings is 1. The minimum Gasteiger partial charge on any atom is -0.465 e. The zero-order valence-electron chi connectivity index (χ0n) is 12.6. The van der Waals surface area contributed by atoms with Crippen LogP contribution >= 0.6 is 0 Å². The highest BCUT2D eigenvalue weighted by molar-refractivity contribution is 5.82. The van der Waals surface area contributed by atoms with Gasteiger partial charge in [-0.25, -0.2) is 0 Å². The monoisotopic (exact) mass is 279 g/mol. The van der Waals surface area contributed by atoms with Crippen LogP contribution in [-0.2, 0) is 28.1 Å². The van der Waals surface area contributed by atoms with Gasteiger partial charge in [-0.2, -0.15) is 0 Å². The van der Waals surface area contributed by atoms with Crippen LogP contribution in [0.2, 0.25) is 0 Å². The van der Waals surface area contributed by atoms with Crippen LogP contribution in [0.25, 0.3) is 0 Å². The van der Waals surface area contributed by atoms with Crippen molar-refractivity contribution < 1.29 is 14.6 Å². The number of carbonyl (C=O) groups is 1. The highest BCUT2D eigenvalue weighted by atomic mass is 16.5. The second-order valence-electron chi connectivity index (χ2n) is 5.15. The Morgan fingerprint density at radius 3 is 2.55 bits per heavy atom. The molecule has 1 rings (SSSR count). The summed E-state index contributed by atoms with van der Waals surface area (Å²) in [6, 6.07) is 5.66. The van der Waals surface area contributed by atoms with E-state index in [9.17, 15) is 9.90 Å². The van der Waals surface area contributed by atoms with E-state index >= 15 is 0 Å². The molecule has 0 aliphatic rings. The van der Waals surface area contributed by atoms with E-state index < -0.39 is 5.41 Å². The third-order valence-electron chi connectivity index (χ3n) is 3.71. The fraction of sp³-hybridized carbons (Fsp3) is 0.562. The number of esters is 1. The minimum absolute atomic E-state index is 0.0780. The van der Waals surface area contributed by atoms with Gasteiger partial charge in [-0.15, -0.1) is 0 Å². The van der Waals surface area contributed by atoms with Crippen LogP contribution in [-0.4, -0.2) is 17.7 Å². The maximum atomic E-state index is 12.3. The average molecular weight is 279 g/mol. The Morgan fingerprint density at radius 1 is 1.35 bits per heavy atom. The van der Waals surface area contributed by atoms with E-state index in [4.69, 9.17) is 10.5 Å². The van der Waals surface area contributed by atoms with Crippen LogP contribution in [0.5, 0.6) is 0 Å². The molecule has 1 aromatic carbocycles. The normalized spacial score (nSPS) is 13.8. The fourth-order valence-corrected chi connectivity index (χ4v) is 2.47. The molecule has 0 spiro atoms. The number of rotatable bonds is 7. The van der Waals surface area contributed by atoms with Crippen molar-refractivity contribution in [2.45, 2.75) is 52.2 Å². The predicted octanol–water partition coefficient (Wildman–Crippen LogP) is 2.26.